The lowest BCUT2D eigenvalue weighted by Gasteiger charge is -2.32. The fourth-order valence-electron chi connectivity index (χ4n) is 21.4. The topological polar surface area (TPSA) is 64.6 Å². The number of hydrogen-bond donors (Lipinski definition) is 0. The summed E-state index contributed by atoms with van der Waals surface area (Å²) in [6.45, 7) is 38.5. The lowest BCUT2D eigenvalue weighted by Crippen LogP contribution is -2.41. The Morgan fingerprint density at radius 2 is 0.408 bits per heavy atom. The first-order chi connectivity index (χ1) is 71.2. The van der Waals surface area contributed by atoms with Gasteiger partial charge in [-0.15, -0.1) is 136 Å². The predicted octanol–water partition coefficient (Wildman–Crippen LogP) is 46.0. The third-order valence-corrected chi connectivity index (χ3v) is 48.8. The van der Waals surface area contributed by atoms with Gasteiger partial charge in [0.1, 0.15) is 0 Å². The second-order valence-electron chi connectivity index (χ2n) is 47.1. The maximum atomic E-state index is 6.58. The van der Waals surface area contributed by atoms with Gasteiger partial charge in [-0.2, -0.15) is 0 Å². The molecule has 0 aliphatic carbocycles. The monoisotopic (exact) mass is 2220 g/mol. The lowest BCUT2D eigenvalue weighted by molar-refractivity contribution is 0.00578. The zero-order chi connectivity index (χ0) is 104. The molecule has 15 heterocycles. The summed E-state index contributed by atoms with van der Waals surface area (Å²) in [5, 5.41) is 4.54. The van der Waals surface area contributed by atoms with Gasteiger partial charge < -0.3 is 32.6 Å². The Morgan fingerprint density at radius 1 is 0.218 bits per heavy atom. The van der Waals surface area contributed by atoms with E-state index in [4.69, 9.17) is 32.6 Å². The van der Waals surface area contributed by atoms with Crippen molar-refractivity contribution in [3.63, 3.8) is 0 Å². The summed E-state index contributed by atoms with van der Waals surface area (Å²) in [4.78, 5) is 11.8. The van der Waals surface area contributed by atoms with Crippen LogP contribution in [0.15, 0.2) is 59.3 Å². The van der Waals surface area contributed by atoms with E-state index < -0.39 is 7.32 Å². The summed E-state index contributed by atoms with van der Waals surface area (Å²) < 4.78 is 64.1. The van der Waals surface area contributed by atoms with E-state index in [2.05, 4.69) is 233 Å². The van der Waals surface area contributed by atoms with E-state index in [-0.39, 0.29) is 53.9 Å². The second-order valence-corrected chi connectivity index (χ2v) is 59.4. The Balaban J connectivity index is 0.000000224. The molecule has 3 aliphatic rings. The number of fused-ring (bicyclic) bond motifs is 10. The maximum Gasteiger partial charge on any atom is 0.640 e. The SMILES string of the molecule is CC(C)OB1OC(C)(C)C(C)(C)O1.CCCCCCCCCCCCCCCCCc1c(-c2ccc(B3OC(C)(C)C(C)(C)O3)s2)sc2c1sc1c3sc(-c4ccc(B5OC(C)(C)C(C)(C)O5)s4)c(CCCCCCCCCCCCCCCCC)c3sc21.CCCCCCCCCCCCCCCCCc1c(-c2cccs2)sc2c1sc1c3sc(-c4cccs4)c(CCCCCCCCCCCCCCCCC)c3sc21. The van der Waals surface area contributed by atoms with E-state index >= 15 is 0 Å². The first-order valence-corrected chi connectivity index (χ1v) is 70.0. The highest BCUT2D eigenvalue weighted by atomic mass is 32.2. The maximum absolute atomic E-state index is 6.58. The van der Waals surface area contributed by atoms with Crippen molar-refractivity contribution in [2.75, 3.05) is 0 Å². The lowest BCUT2D eigenvalue weighted by atomic mass is 9.88. The number of unbranched alkanes of at least 4 members (excludes halogenated alkanes) is 56. The van der Waals surface area contributed by atoms with Crippen LogP contribution in [-0.4, -0.2) is 61.3 Å². The van der Waals surface area contributed by atoms with E-state index in [1.807, 2.05) is 86.9 Å². The molecule has 0 atom stereocenters. The molecule has 0 aromatic carbocycles. The Kier molecular flexibility index (Phi) is 51.8. The van der Waals surface area contributed by atoms with Gasteiger partial charge in [-0.25, -0.2) is 0 Å². The van der Waals surface area contributed by atoms with Crippen molar-refractivity contribution in [1.29, 1.82) is 0 Å². The van der Waals surface area contributed by atoms with Crippen molar-refractivity contribution in [2.45, 2.75) is 575 Å². The molecule has 0 bridgehead atoms. The Morgan fingerprint density at radius 3 is 0.605 bits per heavy atom. The van der Waals surface area contributed by atoms with Crippen LogP contribution in [0.2, 0.25) is 0 Å². The fourth-order valence-corrected chi connectivity index (χ4v) is 37.9. The molecule has 0 saturated carbocycles. The van der Waals surface area contributed by atoms with Crippen molar-refractivity contribution >= 4 is 224 Å². The molecule has 0 N–H and O–H groups in total. The van der Waals surface area contributed by atoms with Crippen LogP contribution in [0, 0.1) is 0 Å². The van der Waals surface area contributed by atoms with E-state index in [1.54, 1.807) is 60.2 Å². The van der Waals surface area contributed by atoms with Gasteiger partial charge in [0.2, 0.25) is 0 Å². The summed E-state index contributed by atoms with van der Waals surface area (Å²) in [7, 11) is -1.17. The highest BCUT2D eigenvalue weighted by Gasteiger charge is 2.55. The molecule has 22 heteroatoms. The van der Waals surface area contributed by atoms with Crippen molar-refractivity contribution < 1.29 is 32.6 Å². The summed E-state index contributed by atoms with van der Waals surface area (Å²) in [5.41, 5.74) is 4.47. The molecule has 0 unspecified atom stereocenters. The number of aryl methyl sites for hydroxylation is 4. The van der Waals surface area contributed by atoms with Gasteiger partial charge in [0.05, 0.1) is 90.0 Å². The van der Waals surface area contributed by atoms with Crippen LogP contribution in [0.1, 0.15) is 532 Å². The van der Waals surface area contributed by atoms with Crippen LogP contribution in [0.4, 0.5) is 0 Å². The molecule has 3 fully saturated rings. The van der Waals surface area contributed by atoms with E-state index in [0.29, 0.717) is 0 Å². The molecule has 7 nitrogen and oxygen atoms in total. The van der Waals surface area contributed by atoms with Crippen molar-refractivity contribution in [2.24, 2.45) is 0 Å². The van der Waals surface area contributed by atoms with Crippen molar-refractivity contribution in [3.8, 4) is 39.0 Å². The summed E-state index contributed by atoms with van der Waals surface area (Å²) >= 11 is 24.5. The van der Waals surface area contributed by atoms with Crippen molar-refractivity contribution in [3.05, 3.63) is 81.5 Å². The highest BCUT2D eigenvalue weighted by Crippen LogP contribution is 2.60. The van der Waals surface area contributed by atoms with Gasteiger partial charge in [0, 0.05) is 54.7 Å². The van der Waals surface area contributed by atoms with Crippen LogP contribution < -0.4 is 9.55 Å². The van der Waals surface area contributed by atoms with E-state index in [1.165, 1.54) is 465 Å². The summed E-state index contributed by atoms with van der Waals surface area (Å²) in [6, 6.07) is 18.5. The molecule has 147 heavy (non-hydrogen) atoms. The zero-order valence-electron chi connectivity index (χ0n) is 95.1. The zero-order valence-corrected chi connectivity index (χ0v) is 105. The molecule has 0 spiro atoms. The van der Waals surface area contributed by atoms with Gasteiger partial charge in [0.15, 0.2) is 0 Å². The average molecular weight is 2230 g/mol. The third kappa shape index (κ3) is 35.2. The molecule has 12 aromatic heterocycles. The minimum absolute atomic E-state index is 0.120. The first-order valence-electron chi connectivity index (χ1n) is 60.0. The van der Waals surface area contributed by atoms with Gasteiger partial charge in [0.25, 0.3) is 0 Å². The molecule has 816 valence electrons. The molecular formula is C125H193B3O7S12. The minimum Gasteiger partial charge on any atom is -0.399 e. The Bertz CT molecular complexity index is 5290. The Hall–Kier alpha value is -2.13. The number of thiophene rings is 12. The van der Waals surface area contributed by atoms with Gasteiger partial charge in [-0.05, 0) is 206 Å². The van der Waals surface area contributed by atoms with Crippen LogP contribution in [0.5, 0.6) is 0 Å². The summed E-state index contributed by atoms with van der Waals surface area (Å²) in [6.07, 6.45) is 89.5. The molecule has 15 rings (SSSR count). The minimum atomic E-state index is -0.523. The standard InChI is InChI=1S/C64H98B2O4S6.C52H76S6.C9H19BO3/c1-11-13-15-17-19-21-23-25-27-29-31-33-35-37-39-41-47-53(49-43-45-51(71-49)65-67-61(3,4)62(5,6)68-65)73-57-55(47)75-60-58-56(76-59(57)60)48(42-40-38-36-34-32-30-28-26-24-22-20-18-16-14-12-2)54(74-58)50-44-46-52(72-50)66-69-63(7,8)64(9,10)70-66;1-3-5-7-9-11-13-15-17-19-21-23-25-27-29-31-35-41-45(43-37-33-39-53-43)55-49-47(41)57-52-50-48(58-51(49)52)42(46(56-50)44-38-34-40-54-44)36-32-30-28-26-24-22-20-18-16-14-12-10-8-6-4-2;1-7(2)11-10-12-8(3,4)9(5,6)13-10/h43-46H,11-42H2,1-10H3;33-34,37-40H,3-32,35-36H2,1-2H3;7H,1-6H3. The Labute approximate surface area is 942 Å². The van der Waals surface area contributed by atoms with Gasteiger partial charge in [-0.3, -0.25) is 0 Å². The van der Waals surface area contributed by atoms with Crippen molar-refractivity contribution in [1.82, 2.24) is 0 Å². The third-order valence-electron chi connectivity index (χ3n) is 32.8. The highest BCUT2D eigenvalue weighted by molar-refractivity contribution is 7.47. The average Bonchev–Trinajstić information content (AvgIpc) is 1.55. The van der Waals surface area contributed by atoms with Crippen LogP contribution in [0.3, 0.4) is 0 Å². The van der Waals surface area contributed by atoms with Crippen LogP contribution >= 0.6 is 136 Å². The molecular weight excluding hydrogens is 2030 g/mol. The van der Waals surface area contributed by atoms with Crippen LogP contribution in [0.25, 0.3) is 95.4 Å². The van der Waals surface area contributed by atoms with E-state index in [9.17, 15) is 0 Å². The molecule has 3 aliphatic heterocycles. The van der Waals surface area contributed by atoms with Crippen LogP contribution in [-0.2, 0) is 58.3 Å². The molecule has 0 radical (unpaired) electrons. The largest absolute Gasteiger partial charge is 0.640 e. The number of rotatable bonds is 72. The predicted molar refractivity (Wildman–Crippen MR) is 672 cm³/mol. The molecule has 0 amide bonds. The van der Waals surface area contributed by atoms with E-state index in [0.717, 1.165) is 12.8 Å². The fraction of sp³-hybridized carbons (Fsp3) is 0.712. The normalized spacial score (nSPS) is 15.9. The van der Waals surface area contributed by atoms with Gasteiger partial charge in [-0.1, -0.05) is 412 Å². The molecule has 3 saturated heterocycles. The number of hydrogen-bond acceptors (Lipinski definition) is 19. The second kappa shape index (κ2) is 62.4. The van der Waals surface area contributed by atoms with Gasteiger partial charge >= 0.3 is 21.6 Å². The molecule has 12 aromatic rings. The first kappa shape index (κ1) is 122. The summed E-state index contributed by atoms with van der Waals surface area (Å²) in [5.74, 6) is 0. The quantitative estimate of drug-likeness (QED) is 0.0278. The smallest absolute Gasteiger partial charge is 0.399 e.